The van der Waals surface area contributed by atoms with Gasteiger partial charge in [0.25, 0.3) is 11.8 Å². The Labute approximate surface area is 168 Å². The van der Waals surface area contributed by atoms with E-state index < -0.39 is 5.91 Å². The third kappa shape index (κ3) is 4.62. The maximum absolute atomic E-state index is 12.9. The van der Waals surface area contributed by atoms with E-state index in [1.54, 1.807) is 23.1 Å². The highest BCUT2D eigenvalue weighted by Gasteiger charge is 2.37. The summed E-state index contributed by atoms with van der Waals surface area (Å²) < 4.78 is 11.3. The van der Waals surface area contributed by atoms with Crippen LogP contribution in [0.4, 0.5) is 0 Å². The predicted octanol–water partition coefficient (Wildman–Crippen LogP) is 3.09. The number of ether oxygens (including phenoxy) is 2. The molecule has 8 heteroatoms. The van der Waals surface area contributed by atoms with Crippen LogP contribution in [0.15, 0.2) is 23.1 Å². The van der Waals surface area contributed by atoms with Gasteiger partial charge in [0.1, 0.15) is 4.32 Å². The number of primary amides is 1. The molecule has 1 saturated heterocycles. The second-order valence-electron chi connectivity index (χ2n) is 6.51. The van der Waals surface area contributed by atoms with Crippen LogP contribution in [0, 0.1) is 0 Å². The molecule has 6 nitrogen and oxygen atoms in total. The minimum absolute atomic E-state index is 0.0232. The van der Waals surface area contributed by atoms with Crippen molar-refractivity contribution in [2.24, 2.45) is 5.73 Å². The molecule has 0 spiro atoms. The topological polar surface area (TPSA) is 81.9 Å². The van der Waals surface area contributed by atoms with E-state index >= 15 is 0 Å². The Morgan fingerprint density at radius 1 is 1.33 bits per heavy atom. The quantitative estimate of drug-likeness (QED) is 0.577. The predicted molar refractivity (Wildman–Crippen MR) is 110 cm³/mol. The molecule has 144 valence electrons. The van der Waals surface area contributed by atoms with Gasteiger partial charge >= 0.3 is 0 Å². The Hall–Kier alpha value is -2.06. The molecule has 1 heterocycles. The largest absolute Gasteiger partial charge is 0.493 e. The van der Waals surface area contributed by atoms with Crippen LogP contribution in [-0.4, -0.2) is 40.8 Å². The highest BCUT2D eigenvalue weighted by Crippen LogP contribution is 2.38. The van der Waals surface area contributed by atoms with Gasteiger partial charge in [-0.2, -0.15) is 0 Å². The van der Waals surface area contributed by atoms with E-state index in [0.717, 1.165) is 31.2 Å². The van der Waals surface area contributed by atoms with Gasteiger partial charge in [-0.05, 0) is 36.6 Å². The first-order valence-electron chi connectivity index (χ1n) is 8.86. The summed E-state index contributed by atoms with van der Waals surface area (Å²) in [7, 11) is 1.51. The lowest BCUT2D eigenvalue weighted by Crippen LogP contribution is -2.39. The molecule has 1 aromatic rings. The zero-order valence-corrected chi connectivity index (χ0v) is 16.7. The van der Waals surface area contributed by atoms with Gasteiger partial charge in [0, 0.05) is 6.04 Å². The first kappa shape index (κ1) is 19.7. The van der Waals surface area contributed by atoms with Crippen LogP contribution in [0.5, 0.6) is 11.5 Å². The van der Waals surface area contributed by atoms with Crippen molar-refractivity contribution in [3.63, 3.8) is 0 Å². The molecule has 27 heavy (non-hydrogen) atoms. The third-order valence-electron chi connectivity index (χ3n) is 4.62. The maximum Gasteiger partial charge on any atom is 0.266 e. The number of thiocarbonyl (C=S) groups is 1. The SMILES string of the molecule is COc1cc(/C=C2\SC(=S)N(C3CCCCC3)C2=O)ccc1OCC(N)=O. The molecule has 1 aliphatic carbocycles. The normalized spacial score (nSPS) is 19.6. The van der Waals surface area contributed by atoms with Crippen molar-refractivity contribution in [2.75, 3.05) is 13.7 Å². The molecule has 2 amide bonds. The maximum atomic E-state index is 12.9. The molecule has 1 aliphatic heterocycles. The average Bonchev–Trinajstić information content (AvgIpc) is 2.94. The summed E-state index contributed by atoms with van der Waals surface area (Å²) >= 11 is 6.80. The number of amides is 2. The van der Waals surface area contributed by atoms with Crippen LogP contribution < -0.4 is 15.2 Å². The van der Waals surface area contributed by atoms with Gasteiger partial charge in [-0.25, -0.2) is 0 Å². The van der Waals surface area contributed by atoms with Crippen LogP contribution >= 0.6 is 24.0 Å². The first-order valence-corrected chi connectivity index (χ1v) is 10.1. The molecule has 3 rings (SSSR count). The van der Waals surface area contributed by atoms with Crippen molar-refractivity contribution in [3.05, 3.63) is 28.7 Å². The van der Waals surface area contributed by atoms with Crippen LogP contribution in [-0.2, 0) is 9.59 Å². The summed E-state index contributed by atoms with van der Waals surface area (Å²) in [6.07, 6.45) is 7.35. The number of nitrogens with two attached hydrogens (primary N) is 1. The zero-order chi connectivity index (χ0) is 19.4. The number of hydrogen-bond acceptors (Lipinski definition) is 6. The number of methoxy groups -OCH3 is 1. The highest BCUT2D eigenvalue weighted by atomic mass is 32.2. The minimum Gasteiger partial charge on any atom is -0.493 e. The summed E-state index contributed by atoms with van der Waals surface area (Å²) in [5.74, 6) is 0.299. The molecule has 2 aliphatic rings. The van der Waals surface area contributed by atoms with Crippen LogP contribution in [0.3, 0.4) is 0 Å². The van der Waals surface area contributed by atoms with Crippen molar-refractivity contribution >= 4 is 46.2 Å². The molecule has 0 aromatic heterocycles. The molecule has 0 atom stereocenters. The van der Waals surface area contributed by atoms with E-state index in [9.17, 15) is 9.59 Å². The Morgan fingerprint density at radius 3 is 2.74 bits per heavy atom. The van der Waals surface area contributed by atoms with Crippen molar-refractivity contribution in [3.8, 4) is 11.5 Å². The number of carbonyl (C=O) groups is 2. The lowest BCUT2D eigenvalue weighted by Gasteiger charge is -2.29. The lowest BCUT2D eigenvalue weighted by atomic mass is 9.94. The van der Waals surface area contributed by atoms with Crippen molar-refractivity contribution < 1.29 is 19.1 Å². The zero-order valence-electron chi connectivity index (χ0n) is 15.1. The van der Waals surface area contributed by atoms with E-state index in [0.29, 0.717) is 20.7 Å². The van der Waals surface area contributed by atoms with E-state index in [-0.39, 0.29) is 18.6 Å². The lowest BCUT2D eigenvalue weighted by molar-refractivity contribution is -0.124. The van der Waals surface area contributed by atoms with Gasteiger partial charge in [0.2, 0.25) is 0 Å². The van der Waals surface area contributed by atoms with Gasteiger partial charge in [-0.1, -0.05) is 49.3 Å². The van der Waals surface area contributed by atoms with Gasteiger partial charge < -0.3 is 15.2 Å². The molecular formula is C19H22N2O4S2. The summed E-state index contributed by atoms with van der Waals surface area (Å²) in [4.78, 5) is 26.1. The summed E-state index contributed by atoms with van der Waals surface area (Å²) in [5, 5.41) is 0. The summed E-state index contributed by atoms with van der Waals surface area (Å²) in [6.45, 7) is -0.226. The van der Waals surface area contributed by atoms with Gasteiger partial charge in [-0.3, -0.25) is 14.5 Å². The molecule has 0 bridgehead atoms. The Balaban J connectivity index is 1.78. The number of benzene rings is 1. The molecule has 2 fully saturated rings. The van der Waals surface area contributed by atoms with Crippen LogP contribution in [0.25, 0.3) is 6.08 Å². The van der Waals surface area contributed by atoms with E-state index in [4.69, 9.17) is 27.4 Å². The monoisotopic (exact) mass is 406 g/mol. The first-order chi connectivity index (χ1) is 13.0. The number of hydrogen-bond donors (Lipinski definition) is 1. The molecular weight excluding hydrogens is 384 g/mol. The van der Waals surface area contributed by atoms with Gasteiger partial charge in [-0.15, -0.1) is 0 Å². The van der Waals surface area contributed by atoms with E-state index in [1.807, 2.05) is 6.08 Å². The Kier molecular flexibility index (Phi) is 6.38. The molecule has 1 aromatic carbocycles. The molecule has 0 unspecified atom stereocenters. The van der Waals surface area contributed by atoms with Crippen molar-refractivity contribution in [1.29, 1.82) is 0 Å². The summed E-state index contributed by atoms with van der Waals surface area (Å²) in [5.41, 5.74) is 5.90. The number of nitrogens with zero attached hydrogens (tertiary/aromatic N) is 1. The smallest absolute Gasteiger partial charge is 0.266 e. The second kappa shape index (κ2) is 8.75. The fraction of sp³-hybridized carbons (Fsp3) is 0.421. The Morgan fingerprint density at radius 2 is 2.07 bits per heavy atom. The Bertz CT molecular complexity index is 788. The van der Waals surface area contributed by atoms with Crippen molar-refractivity contribution in [2.45, 2.75) is 38.1 Å². The van der Waals surface area contributed by atoms with Gasteiger partial charge in [0.05, 0.1) is 12.0 Å². The fourth-order valence-corrected chi connectivity index (χ4v) is 4.73. The fourth-order valence-electron chi connectivity index (χ4n) is 3.33. The number of carbonyl (C=O) groups excluding carboxylic acids is 2. The highest BCUT2D eigenvalue weighted by molar-refractivity contribution is 8.26. The van der Waals surface area contributed by atoms with Crippen molar-refractivity contribution in [1.82, 2.24) is 4.90 Å². The average molecular weight is 407 g/mol. The number of rotatable bonds is 6. The van der Waals surface area contributed by atoms with E-state index in [1.165, 1.54) is 25.3 Å². The third-order valence-corrected chi connectivity index (χ3v) is 5.95. The second-order valence-corrected chi connectivity index (χ2v) is 8.18. The number of thioether (sulfide) groups is 1. The van der Waals surface area contributed by atoms with E-state index in [2.05, 4.69) is 0 Å². The standard InChI is InChI=1S/C19H22N2O4S2/c1-24-15-9-12(7-8-14(15)25-11-17(20)22)10-16-18(23)21(19(26)27-16)13-5-3-2-4-6-13/h7-10,13H,2-6,11H2,1H3,(H2,20,22)/b16-10-. The molecule has 0 radical (unpaired) electrons. The minimum atomic E-state index is -0.562. The van der Waals surface area contributed by atoms with Gasteiger partial charge in [0.15, 0.2) is 18.1 Å². The van der Waals surface area contributed by atoms with Crippen LogP contribution in [0.2, 0.25) is 0 Å². The summed E-state index contributed by atoms with van der Waals surface area (Å²) in [6, 6.07) is 5.46. The molecule has 1 saturated carbocycles. The molecule has 2 N–H and O–H groups in total. The van der Waals surface area contributed by atoms with Crippen LogP contribution in [0.1, 0.15) is 37.7 Å².